The van der Waals surface area contributed by atoms with E-state index in [1.54, 1.807) is 18.2 Å². The van der Waals surface area contributed by atoms with Crippen LogP contribution in [0.25, 0.3) is 0 Å². The van der Waals surface area contributed by atoms with Crippen molar-refractivity contribution in [2.75, 3.05) is 38.1 Å². The highest BCUT2D eigenvalue weighted by atomic mass is 32.2. The molecular formula is C24H36N4O4S. The van der Waals surface area contributed by atoms with Crippen molar-refractivity contribution in [2.24, 2.45) is 0 Å². The maximum Gasteiger partial charge on any atom is 0.243 e. The molecular weight excluding hydrogens is 440 g/mol. The number of anilines is 1. The molecule has 0 aromatic heterocycles. The Balaban J connectivity index is 1.42. The first kappa shape index (κ1) is 24.2. The first-order valence-electron chi connectivity index (χ1n) is 12.2. The minimum absolute atomic E-state index is 0.192. The second-order valence-electron chi connectivity index (χ2n) is 9.57. The van der Waals surface area contributed by atoms with Crippen LogP contribution in [-0.2, 0) is 26.0 Å². The average Bonchev–Trinajstić information content (AvgIpc) is 3.47. The minimum atomic E-state index is -3.55. The summed E-state index contributed by atoms with van der Waals surface area (Å²) in [6.07, 6.45) is 8.34. The normalized spacial score (nSPS) is 22.0. The molecule has 9 heteroatoms. The highest BCUT2D eigenvalue weighted by Gasteiger charge is 2.38. The highest BCUT2D eigenvalue weighted by Crippen LogP contribution is 2.35. The lowest BCUT2D eigenvalue weighted by Gasteiger charge is -2.31. The van der Waals surface area contributed by atoms with E-state index in [-0.39, 0.29) is 16.7 Å². The standard InChI is InChI=1S/C24H36N4O4S/c1-18(29)28-22-11-10-21(33(31,32)27-13-6-7-14-27)16-19(22)17-23(28)24(30)25-12-15-26(2)20-8-4-3-5-9-20/h10-11,16,20,23H,3-9,12-15,17H2,1-2H3,(H,25,30)/t23-/m1/s1. The lowest BCUT2D eigenvalue weighted by molar-refractivity contribution is -0.125. The Bertz CT molecular complexity index is 984. The molecule has 1 N–H and O–H groups in total. The number of fused-ring (bicyclic) bond motifs is 1. The number of rotatable bonds is 7. The summed E-state index contributed by atoms with van der Waals surface area (Å²) in [5.41, 5.74) is 1.35. The number of nitrogens with one attached hydrogen (secondary N) is 1. The van der Waals surface area contributed by atoms with Crippen molar-refractivity contribution in [2.45, 2.75) is 75.3 Å². The van der Waals surface area contributed by atoms with Gasteiger partial charge in [0.25, 0.3) is 0 Å². The molecule has 1 saturated heterocycles. The maximum atomic E-state index is 13.0. The molecule has 1 saturated carbocycles. The van der Waals surface area contributed by atoms with Gasteiger partial charge in [-0.15, -0.1) is 0 Å². The van der Waals surface area contributed by atoms with Crippen LogP contribution in [0.5, 0.6) is 0 Å². The molecule has 4 rings (SSSR count). The van der Waals surface area contributed by atoms with Gasteiger partial charge in [-0.05, 0) is 56.5 Å². The zero-order valence-electron chi connectivity index (χ0n) is 19.8. The van der Waals surface area contributed by atoms with Crippen molar-refractivity contribution >= 4 is 27.5 Å². The van der Waals surface area contributed by atoms with E-state index < -0.39 is 16.1 Å². The molecule has 1 aromatic rings. The minimum Gasteiger partial charge on any atom is -0.353 e. The number of likely N-dealkylation sites (N-methyl/N-ethyl adjacent to an activating group) is 1. The lowest BCUT2D eigenvalue weighted by atomic mass is 9.94. The second-order valence-corrected chi connectivity index (χ2v) is 11.5. The molecule has 8 nitrogen and oxygen atoms in total. The van der Waals surface area contributed by atoms with Crippen LogP contribution in [0.15, 0.2) is 23.1 Å². The Morgan fingerprint density at radius 3 is 2.45 bits per heavy atom. The van der Waals surface area contributed by atoms with E-state index in [0.717, 1.165) is 24.9 Å². The number of sulfonamides is 1. The molecule has 0 spiro atoms. The van der Waals surface area contributed by atoms with E-state index >= 15 is 0 Å². The predicted molar refractivity (Wildman–Crippen MR) is 128 cm³/mol. The Morgan fingerprint density at radius 2 is 1.79 bits per heavy atom. The molecule has 0 radical (unpaired) electrons. The van der Waals surface area contributed by atoms with E-state index in [2.05, 4.69) is 17.3 Å². The van der Waals surface area contributed by atoms with Gasteiger partial charge in [-0.2, -0.15) is 4.31 Å². The Hall–Kier alpha value is -1.97. The summed E-state index contributed by atoms with van der Waals surface area (Å²) in [6.45, 7) is 3.83. The molecule has 2 amide bonds. The van der Waals surface area contributed by atoms with Crippen LogP contribution in [-0.4, -0.2) is 74.7 Å². The third kappa shape index (κ3) is 5.10. The van der Waals surface area contributed by atoms with Gasteiger partial charge in [-0.1, -0.05) is 19.3 Å². The van der Waals surface area contributed by atoms with E-state index in [1.807, 2.05) is 0 Å². The van der Waals surface area contributed by atoms with Crippen LogP contribution in [0.3, 0.4) is 0 Å². The summed E-state index contributed by atoms with van der Waals surface area (Å²) in [5.74, 6) is -0.411. The number of hydrogen-bond acceptors (Lipinski definition) is 5. The fraction of sp³-hybridized carbons (Fsp3) is 0.667. The van der Waals surface area contributed by atoms with Crippen LogP contribution >= 0.6 is 0 Å². The Labute approximate surface area is 197 Å². The number of hydrogen-bond donors (Lipinski definition) is 1. The summed E-state index contributed by atoms with van der Waals surface area (Å²) in [5, 5.41) is 3.00. The van der Waals surface area contributed by atoms with Crippen molar-refractivity contribution in [1.82, 2.24) is 14.5 Å². The van der Waals surface area contributed by atoms with Crippen molar-refractivity contribution in [3.05, 3.63) is 23.8 Å². The fourth-order valence-electron chi connectivity index (χ4n) is 5.44. The maximum absolute atomic E-state index is 13.0. The molecule has 33 heavy (non-hydrogen) atoms. The summed E-state index contributed by atoms with van der Waals surface area (Å²) in [4.78, 5) is 29.5. The predicted octanol–water partition coefficient (Wildman–Crippen LogP) is 2.13. The van der Waals surface area contributed by atoms with Crippen LogP contribution in [0.1, 0.15) is 57.4 Å². The Kier molecular flexibility index (Phi) is 7.40. The van der Waals surface area contributed by atoms with Crippen LogP contribution in [0.2, 0.25) is 0 Å². The van der Waals surface area contributed by atoms with Crippen molar-refractivity contribution in [1.29, 1.82) is 0 Å². The van der Waals surface area contributed by atoms with Gasteiger partial charge in [0.2, 0.25) is 21.8 Å². The van der Waals surface area contributed by atoms with Gasteiger partial charge in [0, 0.05) is 51.3 Å². The van der Waals surface area contributed by atoms with Crippen LogP contribution in [0.4, 0.5) is 5.69 Å². The molecule has 1 aromatic carbocycles. The number of benzene rings is 1. The van der Waals surface area contributed by atoms with Crippen molar-refractivity contribution < 1.29 is 18.0 Å². The van der Waals surface area contributed by atoms with E-state index in [1.165, 1.54) is 48.2 Å². The first-order valence-corrected chi connectivity index (χ1v) is 13.6. The second kappa shape index (κ2) is 10.1. The summed E-state index contributed by atoms with van der Waals surface area (Å²) < 4.78 is 27.4. The number of nitrogens with zero attached hydrogens (tertiary/aromatic N) is 3. The molecule has 1 atom stereocenters. The summed E-state index contributed by atoms with van der Waals surface area (Å²) in [6, 6.07) is 4.80. The van der Waals surface area contributed by atoms with Crippen LogP contribution in [0, 0.1) is 0 Å². The topological polar surface area (TPSA) is 90.0 Å². The van der Waals surface area contributed by atoms with Gasteiger partial charge >= 0.3 is 0 Å². The zero-order chi connectivity index (χ0) is 23.6. The zero-order valence-corrected chi connectivity index (χ0v) is 20.6. The molecule has 0 bridgehead atoms. The fourth-order valence-corrected chi connectivity index (χ4v) is 7.01. The molecule has 3 aliphatic rings. The molecule has 2 aliphatic heterocycles. The monoisotopic (exact) mass is 476 g/mol. The van der Waals surface area contributed by atoms with Gasteiger partial charge in [0.05, 0.1) is 4.90 Å². The average molecular weight is 477 g/mol. The van der Waals surface area contributed by atoms with Gasteiger partial charge in [-0.3, -0.25) is 14.5 Å². The smallest absolute Gasteiger partial charge is 0.243 e. The Morgan fingerprint density at radius 1 is 1.09 bits per heavy atom. The van der Waals surface area contributed by atoms with Gasteiger partial charge in [0.1, 0.15) is 6.04 Å². The summed E-state index contributed by atoms with van der Waals surface area (Å²) in [7, 11) is -1.44. The molecule has 0 unspecified atom stereocenters. The molecule has 1 aliphatic carbocycles. The largest absolute Gasteiger partial charge is 0.353 e. The van der Waals surface area contributed by atoms with E-state index in [9.17, 15) is 18.0 Å². The summed E-state index contributed by atoms with van der Waals surface area (Å²) >= 11 is 0. The number of amides is 2. The highest BCUT2D eigenvalue weighted by molar-refractivity contribution is 7.89. The molecule has 182 valence electrons. The van der Waals surface area contributed by atoms with Crippen molar-refractivity contribution in [3.63, 3.8) is 0 Å². The number of carbonyl (C=O) groups excluding carboxylic acids is 2. The number of carbonyl (C=O) groups is 2. The van der Waals surface area contributed by atoms with E-state index in [0.29, 0.717) is 37.8 Å². The molecule has 2 heterocycles. The first-order chi connectivity index (χ1) is 15.8. The SMILES string of the molecule is CC(=O)N1c2ccc(S(=O)(=O)N3CCCC3)cc2C[C@@H]1C(=O)NCCN(C)C1CCCCC1. The van der Waals surface area contributed by atoms with Gasteiger partial charge in [0.15, 0.2) is 0 Å². The molecule has 2 fully saturated rings. The third-order valence-corrected chi connectivity index (χ3v) is 9.24. The quantitative estimate of drug-likeness (QED) is 0.651. The van der Waals surface area contributed by atoms with Crippen molar-refractivity contribution in [3.8, 4) is 0 Å². The van der Waals surface area contributed by atoms with Crippen LogP contribution < -0.4 is 10.2 Å². The van der Waals surface area contributed by atoms with E-state index in [4.69, 9.17) is 0 Å². The third-order valence-electron chi connectivity index (χ3n) is 7.34. The van der Waals surface area contributed by atoms with Gasteiger partial charge < -0.3 is 10.2 Å². The lowest BCUT2D eigenvalue weighted by Crippen LogP contribution is -2.49. The van der Waals surface area contributed by atoms with Gasteiger partial charge in [-0.25, -0.2) is 8.42 Å².